The first kappa shape index (κ1) is 10.5. The molecule has 0 spiro atoms. The van der Waals surface area contributed by atoms with Gasteiger partial charge in [0.15, 0.2) is 0 Å². The molecule has 0 aromatic rings. The second-order valence-corrected chi connectivity index (χ2v) is 6.11. The molecule has 0 amide bonds. The summed E-state index contributed by atoms with van der Waals surface area (Å²) in [6, 6.07) is 0. The van der Waals surface area contributed by atoms with Crippen LogP contribution in [0.5, 0.6) is 0 Å². The second kappa shape index (κ2) is 4.68. The van der Waals surface area contributed by atoms with Gasteiger partial charge in [0, 0.05) is 0 Å². The van der Waals surface area contributed by atoms with E-state index in [1.165, 1.54) is 19.3 Å². The molecule has 0 bridgehead atoms. The van der Waals surface area contributed by atoms with Gasteiger partial charge in [0.2, 0.25) is 0 Å². The highest BCUT2D eigenvalue weighted by atomic mass is 14.4. The lowest BCUT2D eigenvalue weighted by atomic mass is 9.66. The zero-order valence-electron chi connectivity index (χ0n) is 9.97. The Labute approximate surface area is 89.5 Å². The van der Waals surface area contributed by atoms with Crippen molar-refractivity contribution >= 4 is 0 Å². The third-order valence-corrected chi connectivity index (χ3v) is 4.45. The SMILES string of the molecule is CC(C)CC1CC[C@H]2CCCC[C@@H]2C1. The summed E-state index contributed by atoms with van der Waals surface area (Å²) in [5, 5.41) is 0. The standard InChI is InChI=1S/C14H26/c1-11(2)9-12-7-8-13-5-3-4-6-14(13)10-12/h11-14H,3-10H2,1-2H3/t12?,13-,14-/m1/s1. The van der Waals surface area contributed by atoms with Crippen molar-refractivity contribution in [2.24, 2.45) is 23.7 Å². The summed E-state index contributed by atoms with van der Waals surface area (Å²) in [6.45, 7) is 4.76. The van der Waals surface area contributed by atoms with Crippen molar-refractivity contribution in [2.75, 3.05) is 0 Å². The average Bonchev–Trinajstić information content (AvgIpc) is 2.17. The molecule has 2 rings (SSSR count). The quantitative estimate of drug-likeness (QED) is 0.601. The van der Waals surface area contributed by atoms with Gasteiger partial charge in [-0.15, -0.1) is 0 Å². The number of hydrogen-bond donors (Lipinski definition) is 0. The van der Waals surface area contributed by atoms with Crippen LogP contribution in [0, 0.1) is 23.7 Å². The van der Waals surface area contributed by atoms with Gasteiger partial charge in [0.25, 0.3) is 0 Å². The predicted octanol–water partition coefficient (Wildman–Crippen LogP) is 4.64. The minimum Gasteiger partial charge on any atom is -0.0628 e. The molecule has 14 heavy (non-hydrogen) atoms. The molecule has 0 aromatic carbocycles. The maximum atomic E-state index is 2.38. The van der Waals surface area contributed by atoms with E-state index in [4.69, 9.17) is 0 Å². The maximum Gasteiger partial charge on any atom is -0.0383 e. The first-order valence-electron chi connectivity index (χ1n) is 6.75. The van der Waals surface area contributed by atoms with E-state index < -0.39 is 0 Å². The van der Waals surface area contributed by atoms with Gasteiger partial charge in [-0.1, -0.05) is 46.0 Å². The van der Waals surface area contributed by atoms with Gasteiger partial charge in [-0.2, -0.15) is 0 Å². The van der Waals surface area contributed by atoms with E-state index in [9.17, 15) is 0 Å². The molecule has 0 saturated heterocycles. The van der Waals surface area contributed by atoms with E-state index in [0.29, 0.717) is 0 Å². The highest BCUT2D eigenvalue weighted by Gasteiger charge is 2.31. The van der Waals surface area contributed by atoms with Crippen LogP contribution >= 0.6 is 0 Å². The van der Waals surface area contributed by atoms with Gasteiger partial charge >= 0.3 is 0 Å². The Balaban J connectivity index is 1.83. The summed E-state index contributed by atoms with van der Waals surface area (Å²) < 4.78 is 0. The predicted molar refractivity (Wildman–Crippen MR) is 62.2 cm³/mol. The molecule has 0 nitrogen and oxygen atoms in total. The fourth-order valence-corrected chi connectivity index (χ4v) is 3.85. The number of rotatable bonds is 2. The minimum absolute atomic E-state index is 0.917. The molecule has 1 unspecified atom stereocenters. The highest BCUT2D eigenvalue weighted by Crippen LogP contribution is 2.44. The molecular weight excluding hydrogens is 168 g/mol. The molecule has 0 aromatic heterocycles. The molecule has 0 N–H and O–H groups in total. The van der Waals surface area contributed by atoms with Crippen LogP contribution in [-0.2, 0) is 0 Å². The fraction of sp³-hybridized carbons (Fsp3) is 1.00. The topological polar surface area (TPSA) is 0 Å². The first-order valence-corrected chi connectivity index (χ1v) is 6.75. The minimum atomic E-state index is 0.917. The fourth-order valence-electron chi connectivity index (χ4n) is 3.85. The Hall–Kier alpha value is 0. The lowest BCUT2D eigenvalue weighted by molar-refractivity contribution is 0.119. The summed E-state index contributed by atoms with van der Waals surface area (Å²) in [6.07, 6.45) is 12.3. The molecule has 0 heteroatoms. The van der Waals surface area contributed by atoms with Crippen molar-refractivity contribution in [1.29, 1.82) is 0 Å². The molecule has 3 atom stereocenters. The van der Waals surface area contributed by atoms with Crippen molar-refractivity contribution in [1.82, 2.24) is 0 Å². The molecule has 2 saturated carbocycles. The molecule has 2 aliphatic rings. The lowest BCUT2D eigenvalue weighted by Crippen LogP contribution is -2.28. The molecule has 2 fully saturated rings. The Morgan fingerprint density at radius 1 is 0.929 bits per heavy atom. The van der Waals surface area contributed by atoms with Gasteiger partial charge in [-0.05, 0) is 42.9 Å². The Bertz CT molecular complexity index is 171. The van der Waals surface area contributed by atoms with Gasteiger partial charge in [-0.25, -0.2) is 0 Å². The summed E-state index contributed by atoms with van der Waals surface area (Å²) in [4.78, 5) is 0. The zero-order chi connectivity index (χ0) is 9.97. The second-order valence-electron chi connectivity index (χ2n) is 6.11. The van der Waals surface area contributed by atoms with Crippen LogP contribution in [0.25, 0.3) is 0 Å². The van der Waals surface area contributed by atoms with Crippen LogP contribution in [0.3, 0.4) is 0 Å². The number of hydrogen-bond acceptors (Lipinski definition) is 0. The monoisotopic (exact) mass is 194 g/mol. The van der Waals surface area contributed by atoms with Crippen LogP contribution < -0.4 is 0 Å². The average molecular weight is 194 g/mol. The van der Waals surface area contributed by atoms with Crippen molar-refractivity contribution < 1.29 is 0 Å². The Kier molecular flexibility index (Phi) is 3.52. The number of fused-ring (bicyclic) bond motifs is 1. The van der Waals surface area contributed by atoms with Gasteiger partial charge in [0.05, 0.1) is 0 Å². The molecule has 0 aliphatic heterocycles. The van der Waals surface area contributed by atoms with Crippen LogP contribution in [0.4, 0.5) is 0 Å². The van der Waals surface area contributed by atoms with E-state index in [-0.39, 0.29) is 0 Å². The van der Waals surface area contributed by atoms with Crippen LogP contribution in [0.1, 0.15) is 65.2 Å². The van der Waals surface area contributed by atoms with E-state index in [2.05, 4.69) is 13.8 Å². The van der Waals surface area contributed by atoms with Gasteiger partial charge in [-0.3, -0.25) is 0 Å². The Morgan fingerprint density at radius 3 is 2.36 bits per heavy atom. The van der Waals surface area contributed by atoms with Crippen molar-refractivity contribution in [2.45, 2.75) is 65.2 Å². The van der Waals surface area contributed by atoms with Crippen molar-refractivity contribution in [3.05, 3.63) is 0 Å². The molecular formula is C14H26. The maximum absolute atomic E-state index is 2.38. The molecule has 0 heterocycles. The highest BCUT2D eigenvalue weighted by molar-refractivity contribution is 4.83. The lowest BCUT2D eigenvalue weighted by Gasteiger charge is -2.39. The van der Waals surface area contributed by atoms with Crippen molar-refractivity contribution in [3.63, 3.8) is 0 Å². The first-order chi connectivity index (χ1) is 6.75. The smallest absolute Gasteiger partial charge is 0.0383 e. The summed E-state index contributed by atoms with van der Waals surface area (Å²) >= 11 is 0. The molecule has 0 radical (unpaired) electrons. The third kappa shape index (κ3) is 2.52. The summed E-state index contributed by atoms with van der Waals surface area (Å²) in [7, 11) is 0. The van der Waals surface area contributed by atoms with Gasteiger partial charge < -0.3 is 0 Å². The molecule has 82 valence electrons. The zero-order valence-corrected chi connectivity index (χ0v) is 9.97. The van der Waals surface area contributed by atoms with Crippen LogP contribution in [-0.4, -0.2) is 0 Å². The molecule has 2 aliphatic carbocycles. The van der Waals surface area contributed by atoms with E-state index in [1.54, 1.807) is 32.1 Å². The normalized spacial score (nSPS) is 38.4. The van der Waals surface area contributed by atoms with Crippen LogP contribution in [0.15, 0.2) is 0 Å². The van der Waals surface area contributed by atoms with Gasteiger partial charge in [0.1, 0.15) is 0 Å². The summed E-state index contributed by atoms with van der Waals surface area (Å²) in [5.74, 6) is 4.25. The Morgan fingerprint density at radius 2 is 1.64 bits per heavy atom. The summed E-state index contributed by atoms with van der Waals surface area (Å²) in [5.41, 5.74) is 0. The van der Waals surface area contributed by atoms with E-state index in [0.717, 1.165) is 23.7 Å². The van der Waals surface area contributed by atoms with Crippen LogP contribution in [0.2, 0.25) is 0 Å². The van der Waals surface area contributed by atoms with E-state index >= 15 is 0 Å². The van der Waals surface area contributed by atoms with Crippen molar-refractivity contribution in [3.8, 4) is 0 Å². The van der Waals surface area contributed by atoms with E-state index in [1.807, 2.05) is 0 Å². The third-order valence-electron chi connectivity index (χ3n) is 4.45. The largest absolute Gasteiger partial charge is 0.0628 e.